The van der Waals surface area contributed by atoms with E-state index in [0.29, 0.717) is 0 Å². The van der Waals surface area contributed by atoms with Gasteiger partial charge in [0.15, 0.2) is 0 Å². The standard InChI is InChI=1S/CH5N2O3PS/c2-1(3)8-7(4,5)6/h2-3H2,(H-,4,5,6). The average molecular weight is 156 g/mol. The van der Waals surface area contributed by atoms with Crippen LogP contribution in [0.4, 0.5) is 0 Å². The summed E-state index contributed by atoms with van der Waals surface area (Å²) in [5.41, 5.74) is 9.41. The lowest BCUT2D eigenvalue weighted by molar-refractivity contribution is -0.184. The second-order valence-corrected chi connectivity index (χ2v) is 4.49. The van der Waals surface area contributed by atoms with E-state index >= 15 is 0 Å². The molecule has 0 aliphatic rings. The van der Waals surface area contributed by atoms with E-state index < -0.39 is 6.80 Å². The summed E-state index contributed by atoms with van der Waals surface area (Å²) in [6.45, 7) is -4.34. The number of hydrogen-bond acceptors (Lipinski definition) is 2. The molecule has 0 heterocycles. The normalized spacial score (nSPS) is 17.0. The van der Waals surface area contributed by atoms with E-state index in [9.17, 15) is 9.46 Å². The van der Waals surface area contributed by atoms with Gasteiger partial charge in [-0.1, -0.05) is 0 Å². The predicted molar refractivity (Wildman–Crippen MR) is 30.6 cm³/mol. The largest absolute Gasteiger partial charge is 0.729 e. The van der Waals surface area contributed by atoms with E-state index in [1.165, 1.54) is 0 Å². The van der Waals surface area contributed by atoms with Crippen LogP contribution in [0.15, 0.2) is 0 Å². The van der Waals surface area contributed by atoms with E-state index in [1.54, 1.807) is 0 Å². The molecule has 0 spiro atoms. The average Bonchev–Trinajstić information content (AvgIpc) is 1.21. The molecule has 0 saturated heterocycles. The van der Waals surface area contributed by atoms with Gasteiger partial charge in [0.2, 0.25) is 0 Å². The second kappa shape index (κ2) is 2.63. The van der Waals surface area contributed by atoms with Crippen molar-refractivity contribution in [3.8, 4) is 0 Å². The number of rotatable bonds is 1. The molecule has 5 N–H and O–H groups in total. The molecule has 0 rings (SSSR count). The Morgan fingerprint density at radius 3 is 2.12 bits per heavy atom. The SMILES string of the molecule is NC(N)=[S+]P(=O)([O-])O. The summed E-state index contributed by atoms with van der Waals surface area (Å²) >= 11 is 0. The quantitative estimate of drug-likeness (QED) is 0.221. The van der Waals surface area contributed by atoms with Crippen LogP contribution in [-0.4, -0.2) is 10.0 Å². The van der Waals surface area contributed by atoms with Crippen molar-refractivity contribution >= 4 is 22.9 Å². The molecule has 0 bridgehead atoms. The van der Waals surface area contributed by atoms with Crippen LogP contribution in [0.3, 0.4) is 0 Å². The maximum atomic E-state index is 9.81. The molecule has 0 aliphatic heterocycles. The van der Waals surface area contributed by atoms with Crippen molar-refractivity contribution in [3.63, 3.8) is 0 Å². The zero-order valence-corrected chi connectivity index (χ0v) is 5.48. The maximum absolute atomic E-state index is 9.81. The molecule has 8 heavy (non-hydrogen) atoms. The monoisotopic (exact) mass is 156 g/mol. The maximum Gasteiger partial charge on any atom is 0.418 e. The Bertz CT molecular complexity index is 145. The van der Waals surface area contributed by atoms with E-state index in [0.717, 1.165) is 0 Å². The van der Waals surface area contributed by atoms with E-state index in [1.807, 2.05) is 0 Å². The summed E-state index contributed by atoms with van der Waals surface area (Å²) in [4.78, 5) is 17.8. The second-order valence-electron chi connectivity index (χ2n) is 0.962. The lowest BCUT2D eigenvalue weighted by Gasteiger charge is -1.92. The summed E-state index contributed by atoms with van der Waals surface area (Å²) in [6, 6.07) is 0. The van der Waals surface area contributed by atoms with Gasteiger partial charge in [-0.2, -0.15) is 0 Å². The molecule has 1 unspecified atom stereocenters. The van der Waals surface area contributed by atoms with Crippen LogP contribution in [0.1, 0.15) is 0 Å². The van der Waals surface area contributed by atoms with Crippen molar-refractivity contribution in [1.29, 1.82) is 0 Å². The number of hydrogen-bond donors (Lipinski definition) is 3. The van der Waals surface area contributed by atoms with Gasteiger partial charge in [-0.05, 0) is 0 Å². The Morgan fingerprint density at radius 1 is 1.75 bits per heavy atom. The summed E-state index contributed by atoms with van der Waals surface area (Å²) in [6.07, 6.45) is 0. The van der Waals surface area contributed by atoms with Crippen molar-refractivity contribution in [2.45, 2.75) is 0 Å². The molecule has 48 valence electrons. The van der Waals surface area contributed by atoms with E-state index in [-0.39, 0.29) is 16.1 Å². The van der Waals surface area contributed by atoms with Crippen LogP contribution in [0, 0.1) is 0 Å². The molecule has 1 atom stereocenters. The van der Waals surface area contributed by atoms with E-state index in [2.05, 4.69) is 0 Å². The predicted octanol–water partition coefficient (Wildman–Crippen LogP) is -2.47. The van der Waals surface area contributed by atoms with Gasteiger partial charge in [-0.15, -0.1) is 0 Å². The first-order chi connectivity index (χ1) is 3.42. The van der Waals surface area contributed by atoms with Crippen molar-refractivity contribution in [1.82, 2.24) is 0 Å². The zero-order valence-electron chi connectivity index (χ0n) is 3.77. The van der Waals surface area contributed by atoms with Crippen LogP contribution in [0.2, 0.25) is 0 Å². The Kier molecular flexibility index (Phi) is 2.68. The van der Waals surface area contributed by atoms with Gasteiger partial charge in [0.25, 0.3) is 11.0 Å². The molecule has 0 radical (unpaired) electrons. The van der Waals surface area contributed by atoms with Crippen molar-refractivity contribution in [2.24, 2.45) is 11.5 Å². The lowest BCUT2D eigenvalue weighted by Crippen LogP contribution is -2.24. The first kappa shape index (κ1) is 8.16. The van der Waals surface area contributed by atoms with Crippen LogP contribution >= 0.6 is 6.80 Å². The van der Waals surface area contributed by atoms with Crippen molar-refractivity contribution in [3.05, 3.63) is 0 Å². The number of nitrogens with two attached hydrogens (primary N) is 2. The van der Waals surface area contributed by atoms with Gasteiger partial charge >= 0.3 is 11.9 Å². The van der Waals surface area contributed by atoms with Crippen molar-refractivity contribution in [2.75, 3.05) is 0 Å². The molecule has 7 heteroatoms. The molecular formula is CH5N2O3PS. The summed E-state index contributed by atoms with van der Waals surface area (Å²) in [7, 11) is 0.0394. The third-order valence-electron chi connectivity index (χ3n) is 0.221. The molecule has 0 amide bonds. The summed E-state index contributed by atoms with van der Waals surface area (Å²) in [5, 5.41) is -0.383. The molecule has 0 aromatic heterocycles. The highest BCUT2D eigenvalue weighted by Crippen LogP contribution is 2.26. The summed E-state index contributed by atoms with van der Waals surface area (Å²) < 4.78 is 9.81. The fraction of sp³-hybridized carbons (Fsp3) is 0. The van der Waals surface area contributed by atoms with Crippen LogP contribution in [0.5, 0.6) is 0 Å². The lowest BCUT2D eigenvalue weighted by atomic mass is 11.3. The Labute approximate surface area is 49.5 Å². The summed E-state index contributed by atoms with van der Waals surface area (Å²) in [5.74, 6) is 0. The third-order valence-corrected chi connectivity index (χ3v) is 1.99. The molecular weight excluding hydrogens is 151 g/mol. The van der Waals surface area contributed by atoms with Crippen LogP contribution < -0.4 is 16.4 Å². The highest BCUT2D eigenvalue weighted by molar-refractivity contribution is 8.39. The Balaban J connectivity index is 4.11. The van der Waals surface area contributed by atoms with Gasteiger partial charge in [0.1, 0.15) is 0 Å². The van der Waals surface area contributed by atoms with Crippen molar-refractivity contribution < 1.29 is 14.4 Å². The molecule has 0 saturated carbocycles. The zero-order chi connectivity index (χ0) is 6.78. The smallest absolute Gasteiger partial charge is 0.418 e. The minimum Gasteiger partial charge on any atom is -0.729 e. The first-order valence-corrected chi connectivity index (χ1v) is 4.53. The topological polar surface area (TPSA) is 112 Å². The highest BCUT2D eigenvalue weighted by atomic mass is 32.7. The fourth-order valence-electron chi connectivity index (χ4n) is 0.133. The minimum atomic E-state index is -4.34. The minimum absolute atomic E-state index is 0.0394. The highest BCUT2D eigenvalue weighted by Gasteiger charge is 2.14. The van der Waals surface area contributed by atoms with Crippen LogP contribution in [0.25, 0.3) is 0 Å². The first-order valence-electron chi connectivity index (χ1n) is 1.53. The van der Waals surface area contributed by atoms with E-state index in [4.69, 9.17) is 16.4 Å². The van der Waals surface area contributed by atoms with Crippen LogP contribution in [-0.2, 0) is 15.5 Å². The molecule has 0 aromatic rings. The third kappa shape index (κ3) is 6.16. The van der Waals surface area contributed by atoms with Gasteiger partial charge in [0, 0.05) is 0 Å². The molecule has 0 fully saturated rings. The molecule has 0 aromatic carbocycles. The van der Waals surface area contributed by atoms with Gasteiger partial charge in [-0.3, -0.25) is 0 Å². The Hall–Kier alpha value is 0.160. The molecule has 0 aliphatic carbocycles. The van der Waals surface area contributed by atoms with Gasteiger partial charge in [-0.25, -0.2) is 16.0 Å². The molecule has 5 nitrogen and oxygen atoms in total. The van der Waals surface area contributed by atoms with Gasteiger partial charge in [0.05, 0.1) is 0 Å². The van der Waals surface area contributed by atoms with Gasteiger partial charge < -0.3 is 9.79 Å². The fourth-order valence-corrected chi connectivity index (χ4v) is 1.20. The Morgan fingerprint density at radius 2 is 2.12 bits per heavy atom.